The van der Waals surface area contributed by atoms with E-state index in [9.17, 15) is 19.1 Å². The maximum absolute atomic E-state index is 14.1. The van der Waals surface area contributed by atoms with Crippen molar-refractivity contribution in [2.45, 2.75) is 31.7 Å². The second-order valence-corrected chi connectivity index (χ2v) is 7.52. The summed E-state index contributed by atoms with van der Waals surface area (Å²) in [5.41, 5.74) is 1.98. The number of aliphatic carboxylic acids is 1. The summed E-state index contributed by atoms with van der Waals surface area (Å²) in [7, 11) is 0. The van der Waals surface area contributed by atoms with Gasteiger partial charge in [0, 0.05) is 42.5 Å². The third kappa shape index (κ3) is 6.19. The number of carboxylic acids is 1. The molecule has 148 valence electrons. The zero-order valence-electron chi connectivity index (χ0n) is 16.5. The number of carbonyl (C=O) groups excluding carboxylic acids is 2. The van der Waals surface area contributed by atoms with Gasteiger partial charge in [-0.1, -0.05) is 41.4 Å². The van der Waals surface area contributed by atoms with Crippen LogP contribution in [0.3, 0.4) is 0 Å². The van der Waals surface area contributed by atoms with Crippen molar-refractivity contribution >= 4 is 29.2 Å². The fraction of sp³-hybridized carbons (Fsp3) is 0.333. The van der Waals surface area contributed by atoms with Crippen molar-refractivity contribution in [3.8, 4) is 0 Å². The Morgan fingerprint density at radius 1 is 1.28 bits per heavy atom. The second kappa shape index (κ2) is 10.4. The molecule has 1 amide bonds. The van der Waals surface area contributed by atoms with Crippen LogP contribution < -0.4 is 44.9 Å². The molecule has 2 atom stereocenters. The largest absolute Gasteiger partial charge is 1.00 e. The van der Waals surface area contributed by atoms with Crippen LogP contribution in [0.25, 0.3) is 0 Å². The second-order valence-electron chi connectivity index (χ2n) is 7.08. The zero-order valence-corrected chi connectivity index (χ0v) is 19.2. The van der Waals surface area contributed by atoms with Crippen molar-refractivity contribution in [1.82, 2.24) is 5.32 Å². The Hall–Kier alpha value is -1.60. The van der Waals surface area contributed by atoms with Crippen molar-refractivity contribution in [1.29, 1.82) is 0 Å². The minimum absolute atomic E-state index is 0. The molecule has 0 bridgehead atoms. The minimum atomic E-state index is -1.28. The summed E-state index contributed by atoms with van der Waals surface area (Å²) in [5, 5.41) is 14.7. The topological polar surface area (TPSA) is 72.5 Å². The summed E-state index contributed by atoms with van der Waals surface area (Å²) in [6.45, 7) is 2.94. The van der Waals surface area contributed by atoms with E-state index < -0.39 is 17.7 Å². The molecule has 2 aromatic carbocycles. The molecule has 0 aliphatic carbocycles. The number of carboxylic acid groups (broad SMARTS) is 1. The zero-order chi connectivity index (χ0) is 20.3. The number of carbonyl (C=O) groups is 2. The predicted molar refractivity (Wildman–Crippen MR) is 104 cm³/mol. The van der Waals surface area contributed by atoms with Gasteiger partial charge in [-0.25, -0.2) is 4.39 Å². The van der Waals surface area contributed by atoms with E-state index in [2.05, 4.69) is 5.32 Å². The Balaban J connectivity index is 0.00000300. The van der Waals surface area contributed by atoms with E-state index in [1.165, 1.54) is 6.07 Å². The van der Waals surface area contributed by atoms with Gasteiger partial charge < -0.3 is 20.1 Å². The van der Waals surface area contributed by atoms with Gasteiger partial charge in [-0.05, 0) is 37.1 Å². The fourth-order valence-electron chi connectivity index (χ4n) is 3.44. The molecule has 8 heteroatoms. The van der Waals surface area contributed by atoms with Crippen molar-refractivity contribution in [2.24, 2.45) is 0 Å². The standard InChI is InChI=1S/C21H22ClFN2O3.Na/c1-13-2-4-14(5-3-13)17(21(27)28)11-20(26)24-16-8-9-25(12-16)19-7-6-15(22)10-18(19)23;/h2-7,10,16-17H,8-9,11-12H2,1H3,(H,24,26)(H,27,28);/q;+1/p-1. The van der Waals surface area contributed by atoms with Gasteiger partial charge in [0.1, 0.15) is 5.82 Å². The summed E-state index contributed by atoms with van der Waals surface area (Å²) < 4.78 is 14.1. The first kappa shape index (κ1) is 23.7. The van der Waals surface area contributed by atoms with E-state index >= 15 is 0 Å². The van der Waals surface area contributed by atoms with Crippen LogP contribution in [0.15, 0.2) is 42.5 Å². The van der Waals surface area contributed by atoms with Gasteiger partial charge in [-0.2, -0.15) is 0 Å². The molecule has 29 heavy (non-hydrogen) atoms. The smallest absolute Gasteiger partial charge is 0.549 e. The molecule has 1 N–H and O–H groups in total. The Bertz CT molecular complexity index is 879. The van der Waals surface area contributed by atoms with Crippen LogP contribution in [-0.2, 0) is 9.59 Å². The monoisotopic (exact) mass is 426 g/mol. The molecular weight excluding hydrogens is 406 g/mol. The minimum Gasteiger partial charge on any atom is -0.549 e. The molecule has 2 unspecified atom stereocenters. The summed E-state index contributed by atoms with van der Waals surface area (Å²) in [4.78, 5) is 25.7. The molecule has 0 aromatic heterocycles. The fourth-order valence-corrected chi connectivity index (χ4v) is 3.60. The number of hydrogen-bond acceptors (Lipinski definition) is 4. The Labute approximate surface area is 196 Å². The van der Waals surface area contributed by atoms with Gasteiger partial charge in [0.2, 0.25) is 5.91 Å². The van der Waals surface area contributed by atoms with Gasteiger partial charge >= 0.3 is 29.6 Å². The number of nitrogens with zero attached hydrogens (tertiary/aromatic N) is 1. The van der Waals surface area contributed by atoms with Crippen LogP contribution in [0.4, 0.5) is 10.1 Å². The Morgan fingerprint density at radius 2 is 1.97 bits per heavy atom. The Kier molecular flexibility index (Phi) is 8.52. The summed E-state index contributed by atoms with van der Waals surface area (Å²) in [6, 6.07) is 11.3. The van der Waals surface area contributed by atoms with Crippen molar-refractivity contribution < 1.29 is 48.6 Å². The summed E-state index contributed by atoms with van der Waals surface area (Å²) >= 11 is 5.79. The SMILES string of the molecule is Cc1ccc(C(CC(=O)NC2CCN(c3ccc(Cl)cc3F)C2)C(=O)[O-])cc1.[Na+]. The molecule has 0 radical (unpaired) electrons. The number of nitrogens with one attached hydrogen (secondary N) is 1. The normalized spacial score (nSPS) is 16.8. The van der Waals surface area contributed by atoms with E-state index in [1.54, 1.807) is 36.4 Å². The van der Waals surface area contributed by atoms with Gasteiger partial charge in [0.25, 0.3) is 0 Å². The van der Waals surface area contributed by atoms with E-state index in [1.807, 2.05) is 11.8 Å². The molecule has 1 fully saturated rings. The first-order valence-corrected chi connectivity index (χ1v) is 9.48. The number of benzene rings is 2. The summed E-state index contributed by atoms with van der Waals surface area (Å²) in [6.07, 6.45) is 0.450. The van der Waals surface area contributed by atoms with Crippen LogP contribution in [0, 0.1) is 12.7 Å². The maximum atomic E-state index is 14.1. The summed E-state index contributed by atoms with van der Waals surface area (Å²) in [5.74, 6) is -3.06. The van der Waals surface area contributed by atoms with Crippen molar-refractivity contribution in [2.75, 3.05) is 18.0 Å². The molecular formula is C21H21ClFN2NaO3. The number of halogens is 2. The molecule has 1 aliphatic rings. The third-order valence-electron chi connectivity index (χ3n) is 4.96. The van der Waals surface area contributed by atoms with Crippen LogP contribution >= 0.6 is 11.6 Å². The number of aryl methyl sites for hydroxylation is 1. The van der Waals surface area contributed by atoms with Crippen LogP contribution in [0.2, 0.25) is 5.02 Å². The first-order chi connectivity index (χ1) is 13.3. The quantitative estimate of drug-likeness (QED) is 0.627. The average molecular weight is 427 g/mol. The average Bonchev–Trinajstić information content (AvgIpc) is 3.08. The Morgan fingerprint density at radius 3 is 2.59 bits per heavy atom. The molecule has 3 rings (SSSR count). The number of amides is 1. The van der Waals surface area contributed by atoms with Crippen molar-refractivity contribution in [3.05, 3.63) is 64.4 Å². The van der Waals surface area contributed by atoms with E-state index in [4.69, 9.17) is 11.6 Å². The predicted octanol–water partition coefficient (Wildman–Crippen LogP) is -0.590. The van der Waals surface area contributed by atoms with Crippen molar-refractivity contribution in [3.63, 3.8) is 0 Å². The van der Waals surface area contributed by atoms with Gasteiger partial charge in [0.15, 0.2) is 0 Å². The molecule has 1 saturated heterocycles. The molecule has 1 heterocycles. The number of anilines is 1. The van der Waals surface area contributed by atoms with E-state index in [0.29, 0.717) is 35.8 Å². The molecule has 0 spiro atoms. The molecule has 0 saturated carbocycles. The molecule has 1 aliphatic heterocycles. The first-order valence-electron chi connectivity index (χ1n) is 9.10. The van der Waals surface area contributed by atoms with Crippen LogP contribution in [0.5, 0.6) is 0 Å². The van der Waals surface area contributed by atoms with Gasteiger partial charge in [-0.3, -0.25) is 4.79 Å². The third-order valence-corrected chi connectivity index (χ3v) is 5.19. The number of rotatable bonds is 6. The number of hydrogen-bond donors (Lipinski definition) is 1. The molecule has 5 nitrogen and oxygen atoms in total. The van der Waals surface area contributed by atoms with E-state index in [-0.39, 0.29) is 47.9 Å². The van der Waals surface area contributed by atoms with Crippen LogP contribution in [0.1, 0.15) is 29.9 Å². The van der Waals surface area contributed by atoms with Gasteiger partial charge in [0.05, 0.1) is 5.69 Å². The van der Waals surface area contributed by atoms with Crippen LogP contribution in [-0.4, -0.2) is 31.0 Å². The maximum Gasteiger partial charge on any atom is 1.00 e. The van der Waals surface area contributed by atoms with E-state index in [0.717, 1.165) is 5.56 Å². The molecule has 2 aromatic rings. The van der Waals surface area contributed by atoms with Gasteiger partial charge in [-0.15, -0.1) is 0 Å².